The van der Waals surface area contributed by atoms with Crippen molar-refractivity contribution in [2.75, 3.05) is 6.61 Å². The van der Waals surface area contributed by atoms with Gasteiger partial charge in [0.15, 0.2) is 0 Å². The van der Waals surface area contributed by atoms with Gasteiger partial charge in [0.1, 0.15) is 5.78 Å². The van der Waals surface area contributed by atoms with E-state index in [1.165, 1.54) is 0 Å². The van der Waals surface area contributed by atoms with Crippen molar-refractivity contribution in [2.24, 2.45) is 11.8 Å². The minimum absolute atomic E-state index is 0.135. The molecule has 126 valence electrons. The summed E-state index contributed by atoms with van der Waals surface area (Å²) in [6.45, 7) is 10.1. The zero-order valence-electron chi connectivity index (χ0n) is 14.6. The fraction of sp³-hybridized carbons (Fsp3) is 0.778. The Hall–Kier alpha value is -1.16. The van der Waals surface area contributed by atoms with Gasteiger partial charge in [-0.2, -0.15) is 0 Å². The summed E-state index contributed by atoms with van der Waals surface area (Å²) in [6.07, 6.45) is 4.87. The average Bonchev–Trinajstić information content (AvgIpc) is 2.47. The molecule has 3 atom stereocenters. The summed E-state index contributed by atoms with van der Waals surface area (Å²) in [5.41, 5.74) is 0.685. The van der Waals surface area contributed by atoms with Crippen molar-refractivity contribution in [2.45, 2.75) is 72.5 Å². The zero-order valence-corrected chi connectivity index (χ0v) is 14.6. The molecule has 0 spiro atoms. The van der Waals surface area contributed by atoms with Crippen LogP contribution in [0.15, 0.2) is 11.6 Å². The van der Waals surface area contributed by atoms with Gasteiger partial charge in [-0.05, 0) is 51.0 Å². The van der Waals surface area contributed by atoms with Crippen molar-refractivity contribution in [3.8, 4) is 0 Å². The van der Waals surface area contributed by atoms with E-state index >= 15 is 0 Å². The Labute approximate surface area is 134 Å². The van der Waals surface area contributed by atoms with Crippen LogP contribution in [0, 0.1) is 11.8 Å². The molecule has 0 aromatic rings. The number of esters is 1. The van der Waals surface area contributed by atoms with Crippen molar-refractivity contribution in [3.63, 3.8) is 0 Å². The summed E-state index contributed by atoms with van der Waals surface area (Å²) in [7, 11) is 0. The molecule has 4 nitrogen and oxygen atoms in total. The van der Waals surface area contributed by atoms with Crippen LogP contribution in [0.2, 0.25) is 0 Å². The van der Waals surface area contributed by atoms with Crippen LogP contribution in [-0.2, 0) is 19.1 Å². The smallest absolute Gasteiger partial charge is 0.333 e. The standard InChI is InChI=1S/C18H30O4/c1-6-15(7-2)22-17-11-14(18(20)21-8-3)9-12(4)16(17)10-13(5)19/h11-12,15-17H,6-10H2,1-5H3. The third-order valence-electron chi connectivity index (χ3n) is 4.38. The molecular formula is C18H30O4. The van der Waals surface area contributed by atoms with Crippen LogP contribution in [0.25, 0.3) is 0 Å². The van der Waals surface area contributed by atoms with Gasteiger partial charge in [-0.1, -0.05) is 20.8 Å². The highest BCUT2D eigenvalue weighted by Crippen LogP contribution is 2.35. The van der Waals surface area contributed by atoms with Crippen LogP contribution in [0.3, 0.4) is 0 Å². The van der Waals surface area contributed by atoms with Gasteiger partial charge in [0, 0.05) is 12.0 Å². The maximum atomic E-state index is 12.0. The van der Waals surface area contributed by atoms with Crippen LogP contribution in [0.1, 0.15) is 60.3 Å². The van der Waals surface area contributed by atoms with Crippen LogP contribution >= 0.6 is 0 Å². The number of hydrogen-bond donors (Lipinski definition) is 0. The van der Waals surface area contributed by atoms with Crippen molar-refractivity contribution in [3.05, 3.63) is 11.6 Å². The molecule has 0 aliphatic heterocycles. The minimum Gasteiger partial charge on any atom is -0.463 e. The molecule has 0 fully saturated rings. The number of carbonyl (C=O) groups is 2. The molecule has 4 heteroatoms. The van der Waals surface area contributed by atoms with Crippen molar-refractivity contribution < 1.29 is 19.1 Å². The number of ketones is 1. The molecule has 0 saturated carbocycles. The molecule has 1 aliphatic carbocycles. The van der Waals surface area contributed by atoms with Crippen molar-refractivity contribution in [1.82, 2.24) is 0 Å². The number of rotatable bonds is 8. The molecule has 0 bridgehead atoms. The summed E-state index contributed by atoms with van der Waals surface area (Å²) in [4.78, 5) is 23.6. The normalized spacial score (nSPS) is 25.0. The van der Waals surface area contributed by atoms with Gasteiger partial charge >= 0.3 is 5.97 Å². The Morgan fingerprint density at radius 3 is 2.41 bits per heavy atom. The van der Waals surface area contributed by atoms with E-state index in [-0.39, 0.29) is 35.8 Å². The maximum Gasteiger partial charge on any atom is 0.333 e. The van der Waals surface area contributed by atoms with E-state index in [0.717, 1.165) is 12.8 Å². The summed E-state index contributed by atoms with van der Waals surface area (Å²) in [6, 6.07) is 0. The van der Waals surface area contributed by atoms with Gasteiger partial charge in [0.2, 0.25) is 0 Å². The molecule has 0 radical (unpaired) electrons. The molecule has 0 saturated heterocycles. The van der Waals surface area contributed by atoms with Gasteiger partial charge in [0.25, 0.3) is 0 Å². The first-order valence-electron chi connectivity index (χ1n) is 8.45. The fourth-order valence-electron chi connectivity index (χ4n) is 3.08. The first-order chi connectivity index (χ1) is 10.4. The van der Waals surface area contributed by atoms with Gasteiger partial charge in [-0.25, -0.2) is 4.79 Å². The number of hydrogen-bond acceptors (Lipinski definition) is 4. The van der Waals surface area contributed by atoms with Crippen molar-refractivity contribution >= 4 is 11.8 Å². The summed E-state index contributed by atoms with van der Waals surface area (Å²) in [5, 5.41) is 0. The molecule has 3 unspecified atom stereocenters. The lowest BCUT2D eigenvalue weighted by atomic mass is 9.76. The van der Waals surface area contributed by atoms with Gasteiger partial charge < -0.3 is 14.3 Å². The van der Waals surface area contributed by atoms with E-state index in [2.05, 4.69) is 20.8 Å². The van der Waals surface area contributed by atoms with Gasteiger partial charge in [0.05, 0.1) is 18.8 Å². The molecule has 0 heterocycles. The van der Waals surface area contributed by atoms with E-state index in [1.54, 1.807) is 13.8 Å². The molecule has 1 aliphatic rings. The Balaban J connectivity index is 2.98. The second-order valence-corrected chi connectivity index (χ2v) is 6.20. The van der Waals surface area contributed by atoms with E-state index in [4.69, 9.17) is 9.47 Å². The first-order valence-corrected chi connectivity index (χ1v) is 8.45. The largest absolute Gasteiger partial charge is 0.463 e. The molecule has 0 aromatic heterocycles. The van der Waals surface area contributed by atoms with Crippen molar-refractivity contribution in [1.29, 1.82) is 0 Å². The maximum absolute atomic E-state index is 12.0. The van der Waals surface area contributed by atoms with Crippen LogP contribution in [-0.4, -0.2) is 30.6 Å². The first kappa shape index (κ1) is 18.9. The molecule has 0 N–H and O–H groups in total. The lowest BCUT2D eigenvalue weighted by Crippen LogP contribution is -2.37. The molecule has 1 rings (SSSR count). The Kier molecular flexibility index (Phi) is 7.80. The van der Waals surface area contributed by atoms with Crippen LogP contribution in [0.5, 0.6) is 0 Å². The predicted octanol–water partition coefficient (Wildman–Crippen LogP) is 3.68. The quantitative estimate of drug-likeness (QED) is 0.642. The third-order valence-corrected chi connectivity index (χ3v) is 4.38. The molecule has 0 aromatic carbocycles. The molecular weight excluding hydrogens is 280 g/mol. The number of Topliss-reactive ketones (excluding diaryl/α,β-unsaturated/α-hetero) is 1. The topological polar surface area (TPSA) is 52.6 Å². The number of ether oxygens (including phenoxy) is 2. The molecule has 0 amide bonds. The average molecular weight is 310 g/mol. The van der Waals surface area contributed by atoms with E-state index in [0.29, 0.717) is 25.0 Å². The minimum atomic E-state index is -0.256. The second-order valence-electron chi connectivity index (χ2n) is 6.20. The SMILES string of the molecule is CCOC(=O)C1=CC(OC(CC)CC)C(CC(C)=O)C(C)C1. The van der Waals surface area contributed by atoms with E-state index in [9.17, 15) is 9.59 Å². The second kappa shape index (κ2) is 9.09. The van der Waals surface area contributed by atoms with E-state index < -0.39 is 0 Å². The third kappa shape index (κ3) is 5.24. The monoisotopic (exact) mass is 310 g/mol. The van der Waals surface area contributed by atoms with Crippen LogP contribution < -0.4 is 0 Å². The highest BCUT2D eigenvalue weighted by atomic mass is 16.5. The Morgan fingerprint density at radius 1 is 1.27 bits per heavy atom. The summed E-state index contributed by atoms with van der Waals surface area (Å²) < 4.78 is 11.3. The highest BCUT2D eigenvalue weighted by molar-refractivity contribution is 5.89. The van der Waals surface area contributed by atoms with Gasteiger partial charge in [-0.15, -0.1) is 0 Å². The summed E-state index contributed by atoms with van der Waals surface area (Å²) >= 11 is 0. The van der Waals surface area contributed by atoms with E-state index in [1.807, 2.05) is 6.08 Å². The van der Waals surface area contributed by atoms with Gasteiger partial charge in [-0.3, -0.25) is 0 Å². The summed E-state index contributed by atoms with van der Waals surface area (Å²) in [5.74, 6) is 0.278. The zero-order chi connectivity index (χ0) is 16.7. The Bertz CT molecular complexity index is 409. The molecule has 22 heavy (non-hydrogen) atoms. The predicted molar refractivity (Wildman–Crippen MR) is 86.5 cm³/mol. The fourth-order valence-corrected chi connectivity index (χ4v) is 3.08. The lowest BCUT2D eigenvalue weighted by Gasteiger charge is -2.36. The Morgan fingerprint density at radius 2 is 1.91 bits per heavy atom. The van der Waals surface area contributed by atoms with Crippen LogP contribution in [0.4, 0.5) is 0 Å². The highest BCUT2D eigenvalue weighted by Gasteiger charge is 2.35. The number of carbonyl (C=O) groups excluding carboxylic acids is 2. The lowest BCUT2D eigenvalue weighted by molar-refractivity contribution is -0.139.